The minimum Gasteiger partial charge on any atom is -0.503 e. The number of anilines is 1. The second kappa shape index (κ2) is 5.98. The number of phenolic OH excluding ortho intramolecular Hbond substituents is 1. The monoisotopic (exact) mass is 239 g/mol. The van der Waals surface area contributed by atoms with Gasteiger partial charge >= 0.3 is 5.97 Å². The van der Waals surface area contributed by atoms with Crippen LogP contribution in [0.3, 0.4) is 0 Å². The predicted octanol–water partition coefficient (Wildman–Crippen LogP) is 1.48. The number of ether oxygens (including phenoxy) is 2. The Kier molecular flexibility index (Phi) is 4.63. The van der Waals surface area contributed by atoms with Crippen molar-refractivity contribution < 1.29 is 19.4 Å². The molecule has 0 saturated carbocycles. The lowest BCUT2D eigenvalue weighted by atomic mass is 10.1. The van der Waals surface area contributed by atoms with E-state index < -0.39 is 0 Å². The highest BCUT2D eigenvalue weighted by Crippen LogP contribution is 2.33. The summed E-state index contributed by atoms with van der Waals surface area (Å²) < 4.78 is 9.80. The van der Waals surface area contributed by atoms with E-state index in [1.165, 1.54) is 7.11 Å². The van der Waals surface area contributed by atoms with Crippen LogP contribution < -0.4 is 10.5 Å². The molecule has 0 aromatic heterocycles. The maximum Gasteiger partial charge on any atom is 0.306 e. The Morgan fingerprint density at radius 2 is 2.18 bits per heavy atom. The van der Waals surface area contributed by atoms with Crippen LogP contribution in [0.15, 0.2) is 12.1 Å². The van der Waals surface area contributed by atoms with Gasteiger partial charge in [0.2, 0.25) is 0 Å². The van der Waals surface area contributed by atoms with Crippen molar-refractivity contribution >= 4 is 11.7 Å². The molecule has 5 nitrogen and oxygen atoms in total. The molecule has 0 heterocycles. The van der Waals surface area contributed by atoms with Crippen LogP contribution in [0.5, 0.6) is 11.5 Å². The molecule has 0 atom stereocenters. The third kappa shape index (κ3) is 3.55. The molecular weight excluding hydrogens is 222 g/mol. The number of esters is 1. The lowest BCUT2D eigenvalue weighted by Crippen LogP contribution is -2.05. The van der Waals surface area contributed by atoms with Crippen LogP contribution in [0.2, 0.25) is 0 Å². The molecule has 5 heteroatoms. The third-order valence-electron chi connectivity index (χ3n) is 2.31. The highest BCUT2D eigenvalue weighted by molar-refractivity contribution is 5.70. The van der Waals surface area contributed by atoms with E-state index in [1.807, 2.05) is 0 Å². The molecule has 17 heavy (non-hydrogen) atoms. The number of nitrogen functional groups attached to an aromatic ring is 1. The maximum absolute atomic E-state index is 11.2. The van der Waals surface area contributed by atoms with E-state index in [-0.39, 0.29) is 23.8 Å². The average Bonchev–Trinajstić information content (AvgIpc) is 2.31. The number of aromatic hydroxyl groups is 1. The first-order chi connectivity index (χ1) is 8.08. The SMILES string of the molecule is CCOC(=O)CCc1cc(N)c(O)c(OC)c1. The van der Waals surface area contributed by atoms with Gasteiger partial charge in [0.15, 0.2) is 11.5 Å². The predicted molar refractivity (Wildman–Crippen MR) is 64.0 cm³/mol. The van der Waals surface area contributed by atoms with Crippen LogP contribution in [0.4, 0.5) is 5.69 Å². The number of benzene rings is 1. The van der Waals surface area contributed by atoms with E-state index in [0.717, 1.165) is 5.56 Å². The summed E-state index contributed by atoms with van der Waals surface area (Å²) in [5.74, 6) is -0.0191. The summed E-state index contributed by atoms with van der Waals surface area (Å²) in [4.78, 5) is 11.2. The van der Waals surface area contributed by atoms with Crippen molar-refractivity contribution in [2.75, 3.05) is 19.5 Å². The van der Waals surface area contributed by atoms with E-state index in [9.17, 15) is 9.90 Å². The summed E-state index contributed by atoms with van der Waals surface area (Å²) in [5, 5.41) is 9.54. The smallest absolute Gasteiger partial charge is 0.306 e. The van der Waals surface area contributed by atoms with Crippen LogP contribution >= 0.6 is 0 Å². The van der Waals surface area contributed by atoms with Crippen LogP contribution in [0.1, 0.15) is 18.9 Å². The van der Waals surface area contributed by atoms with E-state index in [2.05, 4.69) is 0 Å². The maximum atomic E-state index is 11.2. The van der Waals surface area contributed by atoms with E-state index in [1.54, 1.807) is 19.1 Å². The molecule has 0 bridgehead atoms. The topological polar surface area (TPSA) is 81.8 Å². The van der Waals surface area contributed by atoms with Gasteiger partial charge in [0.1, 0.15) is 0 Å². The molecule has 0 aliphatic heterocycles. The molecule has 1 aromatic rings. The number of hydrogen-bond acceptors (Lipinski definition) is 5. The van der Waals surface area contributed by atoms with Gasteiger partial charge in [0, 0.05) is 6.42 Å². The van der Waals surface area contributed by atoms with Crippen LogP contribution in [-0.4, -0.2) is 24.8 Å². The van der Waals surface area contributed by atoms with Gasteiger partial charge in [-0.2, -0.15) is 0 Å². The quantitative estimate of drug-likeness (QED) is 0.462. The molecule has 1 rings (SSSR count). The average molecular weight is 239 g/mol. The van der Waals surface area contributed by atoms with Gasteiger partial charge in [-0.1, -0.05) is 0 Å². The van der Waals surface area contributed by atoms with Crippen molar-refractivity contribution in [3.8, 4) is 11.5 Å². The van der Waals surface area contributed by atoms with Crippen molar-refractivity contribution in [1.82, 2.24) is 0 Å². The zero-order valence-corrected chi connectivity index (χ0v) is 10.0. The van der Waals surface area contributed by atoms with Crippen molar-refractivity contribution in [2.45, 2.75) is 19.8 Å². The Morgan fingerprint density at radius 1 is 1.47 bits per heavy atom. The number of rotatable bonds is 5. The number of nitrogens with two attached hydrogens (primary N) is 1. The Hall–Kier alpha value is -1.91. The molecule has 0 saturated heterocycles. The van der Waals surface area contributed by atoms with Gasteiger partial charge < -0.3 is 20.3 Å². The van der Waals surface area contributed by atoms with Gasteiger partial charge in [-0.05, 0) is 31.0 Å². The summed E-state index contributed by atoms with van der Waals surface area (Å²) in [6, 6.07) is 3.28. The van der Waals surface area contributed by atoms with E-state index in [4.69, 9.17) is 15.2 Å². The highest BCUT2D eigenvalue weighted by atomic mass is 16.5. The number of aryl methyl sites for hydroxylation is 1. The fraction of sp³-hybridized carbons (Fsp3) is 0.417. The molecule has 0 aliphatic carbocycles. The van der Waals surface area contributed by atoms with Crippen LogP contribution in [0.25, 0.3) is 0 Å². The molecular formula is C12H17NO4. The number of carbonyl (C=O) groups is 1. The standard InChI is InChI=1S/C12H17NO4/c1-3-17-11(14)5-4-8-6-9(13)12(15)10(7-8)16-2/h6-7,15H,3-5,13H2,1-2H3. The zero-order valence-electron chi connectivity index (χ0n) is 10.0. The summed E-state index contributed by atoms with van der Waals surface area (Å²) in [6.07, 6.45) is 0.779. The molecule has 94 valence electrons. The highest BCUT2D eigenvalue weighted by Gasteiger charge is 2.09. The van der Waals surface area contributed by atoms with Crippen molar-refractivity contribution in [2.24, 2.45) is 0 Å². The first-order valence-electron chi connectivity index (χ1n) is 5.39. The van der Waals surface area contributed by atoms with Crippen LogP contribution in [0, 0.1) is 0 Å². The summed E-state index contributed by atoms with van der Waals surface area (Å²) in [7, 11) is 1.45. The third-order valence-corrected chi connectivity index (χ3v) is 2.31. The lowest BCUT2D eigenvalue weighted by Gasteiger charge is -2.09. The van der Waals surface area contributed by atoms with Crippen molar-refractivity contribution in [3.05, 3.63) is 17.7 Å². The molecule has 0 fully saturated rings. The number of hydrogen-bond donors (Lipinski definition) is 2. The Balaban J connectivity index is 2.72. The molecule has 1 aromatic carbocycles. The zero-order chi connectivity index (χ0) is 12.8. The van der Waals surface area contributed by atoms with Gasteiger partial charge in [-0.3, -0.25) is 4.79 Å². The first kappa shape index (κ1) is 13.2. The largest absolute Gasteiger partial charge is 0.503 e. The second-order valence-electron chi connectivity index (χ2n) is 3.54. The van der Waals surface area contributed by atoms with E-state index >= 15 is 0 Å². The molecule has 3 N–H and O–H groups in total. The summed E-state index contributed by atoms with van der Waals surface area (Å²) in [5.41, 5.74) is 6.68. The molecule has 0 amide bonds. The second-order valence-corrected chi connectivity index (χ2v) is 3.54. The Bertz CT molecular complexity index is 404. The Labute approximate surface area is 100 Å². The number of carbonyl (C=O) groups excluding carboxylic acids is 1. The van der Waals surface area contributed by atoms with Crippen molar-refractivity contribution in [1.29, 1.82) is 0 Å². The van der Waals surface area contributed by atoms with Gasteiger partial charge in [-0.25, -0.2) is 0 Å². The fourth-order valence-electron chi connectivity index (χ4n) is 1.47. The number of methoxy groups -OCH3 is 1. The molecule has 0 spiro atoms. The van der Waals surface area contributed by atoms with Crippen molar-refractivity contribution in [3.63, 3.8) is 0 Å². The first-order valence-corrected chi connectivity index (χ1v) is 5.39. The van der Waals surface area contributed by atoms with Gasteiger partial charge in [0.05, 0.1) is 19.4 Å². The van der Waals surface area contributed by atoms with Gasteiger partial charge in [0.25, 0.3) is 0 Å². The minimum absolute atomic E-state index is 0.0765. The minimum atomic E-state index is -0.252. The molecule has 0 unspecified atom stereocenters. The fourth-order valence-corrected chi connectivity index (χ4v) is 1.47. The summed E-state index contributed by atoms with van der Waals surface area (Å²) >= 11 is 0. The Morgan fingerprint density at radius 3 is 2.76 bits per heavy atom. The number of phenols is 1. The normalized spacial score (nSPS) is 10.0. The molecule has 0 radical (unpaired) electrons. The summed E-state index contributed by atoms with van der Waals surface area (Å²) in [6.45, 7) is 2.14. The molecule has 0 aliphatic rings. The van der Waals surface area contributed by atoms with E-state index in [0.29, 0.717) is 18.8 Å². The van der Waals surface area contributed by atoms with Crippen LogP contribution in [-0.2, 0) is 16.0 Å². The lowest BCUT2D eigenvalue weighted by molar-refractivity contribution is -0.143. The van der Waals surface area contributed by atoms with Gasteiger partial charge in [-0.15, -0.1) is 0 Å².